The lowest BCUT2D eigenvalue weighted by molar-refractivity contribution is 0.0936. The zero-order valence-electron chi connectivity index (χ0n) is 18.9. The van der Waals surface area contributed by atoms with E-state index in [9.17, 15) is 18.8 Å². The Morgan fingerprint density at radius 1 is 1.03 bits per heavy atom. The molecule has 9 heteroatoms. The lowest BCUT2D eigenvalue weighted by Crippen LogP contribution is -2.27. The van der Waals surface area contributed by atoms with Crippen LogP contribution in [0.25, 0.3) is 16.6 Å². The zero-order chi connectivity index (χ0) is 24.8. The molecule has 0 fully saturated rings. The summed E-state index contributed by atoms with van der Waals surface area (Å²) >= 11 is 1.10. The molecule has 178 valence electrons. The molecule has 0 saturated heterocycles. The van der Waals surface area contributed by atoms with Crippen LogP contribution in [0.3, 0.4) is 0 Å². The number of rotatable bonds is 9. The number of nitrogens with zero attached hydrogens (tertiary/aromatic N) is 2. The first-order valence-electron chi connectivity index (χ1n) is 10.8. The molecule has 0 radical (unpaired) electrons. The van der Waals surface area contributed by atoms with Crippen LogP contribution in [0.15, 0.2) is 82.7 Å². The number of carbonyl (C=O) groups is 2. The van der Waals surface area contributed by atoms with Crippen LogP contribution in [-0.4, -0.2) is 47.3 Å². The molecule has 0 spiro atoms. The highest BCUT2D eigenvalue weighted by atomic mass is 32.2. The number of ketones is 1. The molecule has 1 amide bonds. The Morgan fingerprint density at radius 2 is 1.77 bits per heavy atom. The quantitative estimate of drug-likeness (QED) is 0.165. The minimum atomic E-state index is -0.437. The fraction of sp³-hybridized carbons (Fsp3) is 0.154. The van der Waals surface area contributed by atoms with E-state index in [1.807, 2.05) is 6.07 Å². The number of thioether (sulfide) groups is 1. The van der Waals surface area contributed by atoms with Gasteiger partial charge >= 0.3 is 0 Å². The fourth-order valence-electron chi connectivity index (χ4n) is 3.43. The maximum Gasteiger partial charge on any atom is 0.266 e. The van der Waals surface area contributed by atoms with Gasteiger partial charge in [0.1, 0.15) is 5.82 Å². The highest BCUT2D eigenvalue weighted by molar-refractivity contribution is 7.99. The highest BCUT2D eigenvalue weighted by Gasteiger charge is 2.17. The molecule has 0 bridgehead atoms. The van der Waals surface area contributed by atoms with E-state index < -0.39 is 5.82 Å². The number of benzene rings is 3. The number of methoxy groups -OCH3 is 1. The number of aromatic nitrogens is 2. The van der Waals surface area contributed by atoms with Gasteiger partial charge in [-0.25, -0.2) is 9.37 Å². The second-order valence-corrected chi connectivity index (χ2v) is 8.51. The molecular formula is C26H22FN3O4S. The molecule has 0 aliphatic carbocycles. The third-order valence-corrected chi connectivity index (χ3v) is 6.14. The van der Waals surface area contributed by atoms with Crippen molar-refractivity contribution in [3.63, 3.8) is 0 Å². The van der Waals surface area contributed by atoms with Crippen molar-refractivity contribution in [3.8, 4) is 5.69 Å². The molecule has 0 unspecified atom stereocenters. The number of fused-ring (bicyclic) bond motifs is 1. The Kier molecular flexibility index (Phi) is 7.69. The van der Waals surface area contributed by atoms with Crippen molar-refractivity contribution in [3.05, 3.63) is 100 Å². The maximum absolute atomic E-state index is 13.5. The monoisotopic (exact) mass is 491 g/mol. The Bertz CT molecular complexity index is 1420. The van der Waals surface area contributed by atoms with Crippen LogP contribution in [-0.2, 0) is 4.74 Å². The number of Topliss-reactive ketones (excluding diaryl/α,β-unsaturated/α-hetero) is 1. The van der Waals surface area contributed by atoms with Crippen molar-refractivity contribution in [2.75, 3.05) is 26.0 Å². The van der Waals surface area contributed by atoms with Crippen LogP contribution in [0.2, 0.25) is 0 Å². The van der Waals surface area contributed by atoms with Crippen molar-refractivity contribution >= 4 is 34.4 Å². The van der Waals surface area contributed by atoms with Gasteiger partial charge < -0.3 is 10.1 Å². The van der Waals surface area contributed by atoms with Gasteiger partial charge in [-0.1, -0.05) is 42.1 Å². The number of hydrogen-bond donors (Lipinski definition) is 1. The number of halogens is 1. The number of carbonyl (C=O) groups excluding carboxylic acids is 2. The van der Waals surface area contributed by atoms with Gasteiger partial charge in [0.2, 0.25) is 0 Å². The molecule has 1 aromatic heterocycles. The van der Waals surface area contributed by atoms with Crippen LogP contribution in [0.5, 0.6) is 0 Å². The molecule has 1 heterocycles. The molecule has 0 aliphatic rings. The van der Waals surface area contributed by atoms with E-state index in [4.69, 9.17) is 4.74 Å². The summed E-state index contributed by atoms with van der Waals surface area (Å²) in [6.07, 6.45) is 0. The Morgan fingerprint density at radius 3 is 2.49 bits per heavy atom. The van der Waals surface area contributed by atoms with E-state index in [0.717, 1.165) is 11.8 Å². The van der Waals surface area contributed by atoms with Crippen molar-refractivity contribution in [1.82, 2.24) is 14.9 Å². The predicted octanol–water partition coefficient (Wildman–Crippen LogP) is 3.88. The molecule has 3 aromatic carbocycles. The molecule has 7 nitrogen and oxygen atoms in total. The molecular weight excluding hydrogens is 469 g/mol. The number of amides is 1. The smallest absolute Gasteiger partial charge is 0.266 e. The topological polar surface area (TPSA) is 90.3 Å². The van der Waals surface area contributed by atoms with Crippen molar-refractivity contribution < 1.29 is 18.7 Å². The summed E-state index contributed by atoms with van der Waals surface area (Å²) in [6, 6.07) is 18.9. The third kappa shape index (κ3) is 5.64. The first-order valence-corrected chi connectivity index (χ1v) is 11.8. The van der Waals surface area contributed by atoms with Gasteiger partial charge in [-0.2, -0.15) is 0 Å². The largest absolute Gasteiger partial charge is 0.383 e. The first kappa shape index (κ1) is 24.3. The van der Waals surface area contributed by atoms with E-state index in [-0.39, 0.29) is 28.2 Å². The first-order chi connectivity index (χ1) is 17.0. The van der Waals surface area contributed by atoms with Crippen LogP contribution >= 0.6 is 11.8 Å². The van der Waals surface area contributed by atoms with Crippen molar-refractivity contribution in [2.45, 2.75) is 5.16 Å². The summed E-state index contributed by atoms with van der Waals surface area (Å²) in [5.74, 6) is -0.836. The average molecular weight is 492 g/mol. The summed E-state index contributed by atoms with van der Waals surface area (Å²) in [4.78, 5) is 43.2. The van der Waals surface area contributed by atoms with Gasteiger partial charge in [0.25, 0.3) is 11.5 Å². The third-order valence-electron chi connectivity index (χ3n) is 5.21. The summed E-state index contributed by atoms with van der Waals surface area (Å²) in [7, 11) is 1.54. The lowest BCUT2D eigenvalue weighted by Gasteiger charge is -2.14. The van der Waals surface area contributed by atoms with Crippen molar-refractivity contribution in [2.24, 2.45) is 0 Å². The molecule has 35 heavy (non-hydrogen) atoms. The summed E-state index contributed by atoms with van der Waals surface area (Å²) in [5, 5.41) is 3.29. The summed E-state index contributed by atoms with van der Waals surface area (Å²) < 4.78 is 19.8. The summed E-state index contributed by atoms with van der Waals surface area (Å²) in [6.45, 7) is 0.714. The average Bonchev–Trinajstić information content (AvgIpc) is 2.88. The minimum absolute atomic E-state index is 0.0420. The van der Waals surface area contributed by atoms with Crippen LogP contribution in [0, 0.1) is 5.82 Å². The molecule has 4 rings (SSSR count). The molecule has 1 N–H and O–H groups in total. The van der Waals surface area contributed by atoms with Gasteiger partial charge in [-0.3, -0.25) is 19.0 Å². The second-order valence-electron chi connectivity index (χ2n) is 7.57. The van der Waals surface area contributed by atoms with Gasteiger partial charge in [-0.05, 0) is 42.5 Å². The van der Waals surface area contributed by atoms with Crippen molar-refractivity contribution in [1.29, 1.82) is 0 Å². The van der Waals surface area contributed by atoms with Gasteiger partial charge in [-0.15, -0.1) is 0 Å². The number of nitrogens with one attached hydrogen (secondary N) is 1. The van der Waals surface area contributed by atoms with Crippen LogP contribution in [0.4, 0.5) is 4.39 Å². The highest BCUT2D eigenvalue weighted by Crippen LogP contribution is 2.23. The fourth-order valence-corrected chi connectivity index (χ4v) is 4.33. The van der Waals surface area contributed by atoms with E-state index in [1.165, 1.54) is 34.9 Å². The molecule has 0 saturated carbocycles. The van der Waals surface area contributed by atoms with E-state index in [0.29, 0.717) is 40.9 Å². The second kappa shape index (κ2) is 11.1. The number of ether oxygens (including phenoxy) is 1. The number of hydrogen-bond acceptors (Lipinski definition) is 6. The van der Waals surface area contributed by atoms with E-state index >= 15 is 0 Å². The zero-order valence-corrected chi connectivity index (χ0v) is 19.7. The van der Waals surface area contributed by atoms with Gasteiger partial charge in [0, 0.05) is 24.8 Å². The predicted molar refractivity (Wildman–Crippen MR) is 133 cm³/mol. The molecule has 0 atom stereocenters. The van der Waals surface area contributed by atoms with Crippen LogP contribution in [0.1, 0.15) is 20.7 Å². The lowest BCUT2D eigenvalue weighted by atomic mass is 10.1. The molecule has 0 aliphatic heterocycles. The van der Waals surface area contributed by atoms with Gasteiger partial charge in [0.15, 0.2) is 10.9 Å². The van der Waals surface area contributed by atoms with Crippen LogP contribution < -0.4 is 10.9 Å². The standard InChI is InChI=1S/C26H22FN3O4S/c1-34-14-13-28-24(32)18-7-12-21-22(15-18)29-26(35-16-23(31)17-5-3-2-4-6-17)30(25(21)33)20-10-8-19(27)9-11-20/h2-12,15H,13-14,16H2,1H3,(H,28,32). The SMILES string of the molecule is COCCNC(=O)c1ccc2c(=O)n(-c3ccc(F)cc3)c(SCC(=O)c3ccccc3)nc2c1. The Balaban J connectivity index is 1.74. The van der Waals surface area contributed by atoms with E-state index in [1.54, 1.807) is 43.5 Å². The normalized spacial score (nSPS) is 10.9. The Hall–Kier alpha value is -3.82. The Labute approximate surface area is 205 Å². The van der Waals surface area contributed by atoms with E-state index in [2.05, 4.69) is 10.3 Å². The minimum Gasteiger partial charge on any atom is -0.383 e. The van der Waals surface area contributed by atoms with Gasteiger partial charge in [0.05, 0.1) is 29.0 Å². The molecule has 4 aromatic rings. The summed E-state index contributed by atoms with van der Waals surface area (Å²) in [5.41, 5.74) is 1.25. The maximum atomic E-state index is 13.5.